The molecule has 0 aliphatic carbocycles. The molecule has 1 heterocycles. The van der Waals surface area contributed by atoms with Crippen molar-refractivity contribution in [1.29, 1.82) is 0 Å². The largest absolute Gasteiger partial charge is 0.463 e. The van der Waals surface area contributed by atoms with Crippen LogP contribution in [0.3, 0.4) is 0 Å². The van der Waals surface area contributed by atoms with Gasteiger partial charge in [0.1, 0.15) is 31.0 Å². The topological polar surface area (TPSA) is 116 Å². The fraction of sp³-hybridized carbons (Fsp3) is 0.941. The van der Waals surface area contributed by atoms with Gasteiger partial charge in [0.2, 0.25) is 0 Å². The molecule has 41 heavy (non-hydrogen) atoms. The third-order valence-corrected chi connectivity index (χ3v) is 5.53. The van der Waals surface area contributed by atoms with E-state index in [4.69, 9.17) is 0 Å². The molecule has 4 N–H and O–H groups in total. The Hall–Kier alpha value is -1.92. The molecule has 1 aliphatic heterocycles. The van der Waals surface area contributed by atoms with Gasteiger partial charge in [-0.05, 0) is 0 Å². The predicted octanol–water partition coefficient (Wildman–Crippen LogP) is 3.12. The maximum absolute atomic E-state index is 13.8. The van der Waals surface area contributed by atoms with E-state index in [1.165, 1.54) is 0 Å². The Morgan fingerprint density at radius 2 is 0.976 bits per heavy atom. The predicted molar refractivity (Wildman–Crippen MR) is 89.8 cm³/mol. The van der Waals surface area contributed by atoms with E-state index < -0.39 is 104 Å². The zero-order valence-electron chi connectivity index (χ0n) is 18.9. The van der Waals surface area contributed by atoms with Crippen molar-refractivity contribution in [1.82, 2.24) is 0 Å². The van der Waals surface area contributed by atoms with Crippen molar-refractivity contribution in [3.8, 4) is 0 Å². The number of esters is 1. The Labute approximate surface area is 214 Å². The van der Waals surface area contributed by atoms with E-state index >= 15 is 0 Å². The molecule has 5 atom stereocenters. The second-order valence-corrected chi connectivity index (χ2v) is 8.37. The number of halogens is 17. The van der Waals surface area contributed by atoms with Crippen LogP contribution in [0.25, 0.3) is 0 Å². The highest BCUT2D eigenvalue weighted by Gasteiger charge is 2.95. The zero-order valence-corrected chi connectivity index (χ0v) is 18.9. The first-order valence-electron chi connectivity index (χ1n) is 10.1. The summed E-state index contributed by atoms with van der Waals surface area (Å²) in [5, 5.41) is 37.4. The van der Waals surface area contributed by atoms with Crippen molar-refractivity contribution in [2.45, 2.75) is 91.2 Å². The van der Waals surface area contributed by atoms with Gasteiger partial charge in [0.15, 0.2) is 6.29 Å². The van der Waals surface area contributed by atoms with Gasteiger partial charge in [-0.25, -0.2) is 0 Å². The zero-order chi connectivity index (χ0) is 33.0. The minimum Gasteiger partial charge on any atom is -0.463 e. The van der Waals surface area contributed by atoms with Gasteiger partial charge in [0.25, 0.3) is 0 Å². The van der Waals surface area contributed by atoms with Gasteiger partial charge < -0.3 is 29.9 Å². The fourth-order valence-electron chi connectivity index (χ4n) is 2.93. The first-order chi connectivity index (χ1) is 17.9. The molecule has 0 aromatic carbocycles. The van der Waals surface area contributed by atoms with Crippen LogP contribution in [0.2, 0.25) is 0 Å². The molecule has 7 nitrogen and oxygen atoms in total. The molecule has 0 radical (unpaired) electrons. The Bertz CT molecular complexity index is 939. The van der Waals surface area contributed by atoms with Gasteiger partial charge in [-0.15, -0.1) is 0 Å². The van der Waals surface area contributed by atoms with Crippen molar-refractivity contribution in [3.63, 3.8) is 0 Å². The molecule has 244 valence electrons. The average Bonchev–Trinajstić information content (AvgIpc) is 2.81. The lowest BCUT2D eigenvalue weighted by molar-refractivity contribution is -0.461. The van der Waals surface area contributed by atoms with Crippen LogP contribution in [-0.2, 0) is 14.3 Å². The van der Waals surface area contributed by atoms with Crippen LogP contribution in [0.4, 0.5) is 74.6 Å². The molecule has 1 rings (SSSR count). The molecule has 0 saturated carbocycles. The van der Waals surface area contributed by atoms with Crippen molar-refractivity contribution < 1.29 is 109 Å². The van der Waals surface area contributed by atoms with Gasteiger partial charge in [0, 0.05) is 6.42 Å². The molecule has 0 spiro atoms. The van der Waals surface area contributed by atoms with Gasteiger partial charge in [-0.1, -0.05) is 0 Å². The van der Waals surface area contributed by atoms with Crippen LogP contribution >= 0.6 is 0 Å². The second kappa shape index (κ2) is 11.0. The molecule has 1 aliphatic rings. The summed E-state index contributed by atoms with van der Waals surface area (Å²) in [6.07, 6.45) is -23.9. The minimum absolute atomic E-state index is 1.37. The van der Waals surface area contributed by atoms with Crippen molar-refractivity contribution in [2.75, 3.05) is 6.61 Å². The average molecular weight is 654 g/mol. The number of carbonyl (C=O) groups excluding carboxylic acids is 1. The summed E-state index contributed by atoms with van der Waals surface area (Å²) in [5.74, 6) is -59.9. The Morgan fingerprint density at radius 3 is 1.39 bits per heavy atom. The highest BCUT2D eigenvalue weighted by molar-refractivity contribution is 5.69. The number of alkyl halides is 17. The summed E-state index contributed by atoms with van der Waals surface area (Å²) < 4.78 is 233. The van der Waals surface area contributed by atoms with Crippen LogP contribution < -0.4 is 0 Å². The third kappa shape index (κ3) is 5.85. The summed E-state index contributed by atoms with van der Waals surface area (Å²) in [6.45, 7) is -1.37. The number of hydrogen-bond acceptors (Lipinski definition) is 7. The Balaban J connectivity index is 3.15. The number of ether oxygens (including phenoxy) is 2. The molecular formula is C17H15F17O7. The van der Waals surface area contributed by atoms with E-state index in [0.29, 0.717) is 0 Å². The first kappa shape index (κ1) is 37.1. The van der Waals surface area contributed by atoms with Gasteiger partial charge in [-0.3, -0.25) is 4.79 Å². The van der Waals surface area contributed by atoms with Crippen LogP contribution in [0.5, 0.6) is 0 Å². The minimum atomic E-state index is -8.77. The number of aliphatic hydroxyl groups is 4. The van der Waals surface area contributed by atoms with Crippen molar-refractivity contribution >= 4 is 5.97 Å². The molecular weight excluding hydrogens is 639 g/mol. The maximum atomic E-state index is 13.8. The van der Waals surface area contributed by atoms with E-state index in [1.807, 2.05) is 0 Å². The number of rotatable bonds is 11. The van der Waals surface area contributed by atoms with E-state index in [1.54, 1.807) is 0 Å². The summed E-state index contributed by atoms with van der Waals surface area (Å²) in [4.78, 5) is 11.5. The van der Waals surface area contributed by atoms with Crippen LogP contribution in [0, 0.1) is 0 Å². The Morgan fingerprint density at radius 1 is 0.585 bits per heavy atom. The normalized spacial score (nSPS) is 26.2. The number of hydrogen-bond donors (Lipinski definition) is 4. The van der Waals surface area contributed by atoms with Crippen LogP contribution in [0.1, 0.15) is 12.8 Å². The smallest absolute Gasteiger partial charge is 0.460 e. The molecule has 0 aromatic rings. The lowest BCUT2D eigenvalue weighted by atomic mass is 9.88. The molecule has 0 bridgehead atoms. The maximum Gasteiger partial charge on any atom is 0.460 e. The second-order valence-electron chi connectivity index (χ2n) is 8.37. The standard InChI is InChI=1S/C17H15F17O7/c18-10(19,2-1-5(35)40-3-4-6(36)7(37)8(38)9(39)41-4)11(20,21)12(22,23)13(24,25)14(26,27)15(28,29)16(30,31)17(32,33)34/h4,6-9,36-39H,1-3H2/t4-,6-,7+,8+,9?/m1/s1. The van der Waals surface area contributed by atoms with Gasteiger partial charge in [0.05, 0.1) is 6.42 Å². The van der Waals surface area contributed by atoms with Crippen molar-refractivity contribution in [2.24, 2.45) is 0 Å². The molecule has 24 heteroatoms. The number of aliphatic hydroxyl groups excluding tert-OH is 4. The summed E-state index contributed by atoms with van der Waals surface area (Å²) in [5.41, 5.74) is 0. The quantitative estimate of drug-likeness (QED) is 0.200. The summed E-state index contributed by atoms with van der Waals surface area (Å²) >= 11 is 0. The Kier molecular flexibility index (Phi) is 9.93. The number of carbonyl (C=O) groups is 1. The monoisotopic (exact) mass is 654 g/mol. The van der Waals surface area contributed by atoms with Crippen LogP contribution in [0.15, 0.2) is 0 Å². The molecule has 0 amide bonds. The van der Waals surface area contributed by atoms with Crippen molar-refractivity contribution in [3.05, 3.63) is 0 Å². The van der Waals surface area contributed by atoms with Gasteiger partial charge >= 0.3 is 53.6 Å². The highest BCUT2D eigenvalue weighted by Crippen LogP contribution is 2.64. The van der Waals surface area contributed by atoms with E-state index in [0.717, 1.165) is 0 Å². The third-order valence-electron chi connectivity index (χ3n) is 5.53. The van der Waals surface area contributed by atoms with E-state index in [9.17, 15) is 99.9 Å². The first-order valence-corrected chi connectivity index (χ1v) is 10.1. The molecule has 1 unspecified atom stereocenters. The van der Waals surface area contributed by atoms with E-state index in [2.05, 4.69) is 9.47 Å². The molecule has 1 saturated heterocycles. The molecule has 0 aromatic heterocycles. The molecule has 1 fully saturated rings. The summed E-state index contributed by atoms with van der Waals surface area (Å²) in [7, 11) is 0. The van der Waals surface area contributed by atoms with E-state index in [-0.39, 0.29) is 0 Å². The SMILES string of the molecule is O=C(CCC(F)(F)C(F)(F)C(F)(F)C(F)(F)C(F)(F)C(F)(F)C(F)(F)C(F)(F)F)OC[C@H]1OC(O)[C@@H](O)[C@@H](O)[C@@H]1O. The lowest BCUT2D eigenvalue weighted by Crippen LogP contribution is -2.74. The fourth-order valence-corrected chi connectivity index (χ4v) is 2.93. The van der Waals surface area contributed by atoms with Crippen LogP contribution in [-0.4, -0.2) is 111 Å². The highest BCUT2D eigenvalue weighted by atomic mass is 19.4. The van der Waals surface area contributed by atoms with Gasteiger partial charge in [-0.2, -0.15) is 74.6 Å². The lowest BCUT2D eigenvalue weighted by Gasteiger charge is -2.42. The summed E-state index contributed by atoms with van der Waals surface area (Å²) in [6, 6.07) is 0.